The zero-order valence-corrected chi connectivity index (χ0v) is 17.3. The molecule has 1 aromatic rings. The van der Waals surface area contributed by atoms with Crippen LogP contribution in [0.5, 0.6) is 0 Å². The molecule has 3 rings (SSSR count). The number of ether oxygens (including phenoxy) is 1. The zero-order valence-electron chi connectivity index (χ0n) is 15.0. The molecular weight excluding hydrogens is 435 g/mol. The summed E-state index contributed by atoms with van der Waals surface area (Å²) >= 11 is 0. The van der Waals surface area contributed by atoms with E-state index in [1.807, 2.05) is 31.4 Å². The van der Waals surface area contributed by atoms with Crippen LogP contribution in [-0.4, -0.2) is 78.4 Å². The summed E-state index contributed by atoms with van der Waals surface area (Å²) in [5, 5.41) is 7.70. The normalized spacial score (nSPS) is 23.0. The molecule has 9 heteroatoms. The van der Waals surface area contributed by atoms with Crippen molar-refractivity contribution in [3.63, 3.8) is 0 Å². The predicted octanol–water partition coefficient (Wildman–Crippen LogP) is 0.465. The standard InChI is InChI=1S/C16H26N6O2.HI/c1-20-5-4-17-16(20)18-9-12-8-14(23)22(6-7-24-3)15(12)13-10-19-21(2)11-13;/h10-12,15H,4-9H2,1-3H3,(H,17,18);1H/t12-,15+;/m0./s1. The third kappa shape index (κ3) is 4.43. The van der Waals surface area contributed by atoms with E-state index in [0.29, 0.717) is 19.6 Å². The Morgan fingerprint density at radius 2 is 2.20 bits per heavy atom. The van der Waals surface area contributed by atoms with Gasteiger partial charge in [0.1, 0.15) is 0 Å². The summed E-state index contributed by atoms with van der Waals surface area (Å²) in [5.74, 6) is 1.28. The van der Waals surface area contributed by atoms with Crippen molar-refractivity contribution >= 4 is 35.8 Å². The molecule has 1 N–H and O–H groups in total. The summed E-state index contributed by atoms with van der Waals surface area (Å²) in [5.41, 5.74) is 1.08. The number of hydrogen-bond acceptors (Lipinski definition) is 6. The van der Waals surface area contributed by atoms with Crippen LogP contribution in [0.3, 0.4) is 0 Å². The van der Waals surface area contributed by atoms with Crippen molar-refractivity contribution in [3.8, 4) is 0 Å². The number of amides is 1. The molecule has 0 aliphatic carbocycles. The van der Waals surface area contributed by atoms with Gasteiger partial charge in [-0.3, -0.25) is 14.5 Å². The van der Waals surface area contributed by atoms with Crippen molar-refractivity contribution in [2.24, 2.45) is 18.0 Å². The summed E-state index contributed by atoms with van der Waals surface area (Å²) in [7, 11) is 5.59. The largest absolute Gasteiger partial charge is 0.383 e. The number of aromatic nitrogens is 2. The second-order valence-corrected chi connectivity index (χ2v) is 6.44. The number of carbonyl (C=O) groups is 1. The summed E-state index contributed by atoms with van der Waals surface area (Å²) in [6, 6.07) is 0.0289. The first-order valence-electron chi connectivity index (χ1n) is 8.36. The molecule has 2 aliphatic rings. The van der Waals surface area contributed by atoms with Crippen LogP contribution in [-0.2, 0) is 16.6 Å². The number of rotatable bonds is 6. The van der Waals surface area contributed by atoms with Crippen LogP contribution < -0.4 is 5.32 Å². The maximum absolute atomic E-state index is 12.5. The Balaban J connectivity index is 0.00000225. The van der Waals surface area contributed by atoms with Gasteiger partial charge in [0.05, 0.1) is 25.4 Å². The number of carbonyl (C=O) groups excluding carboxylic acids is 1. The molecule has 0 saturated carbocycles. The Hall–Kier alpha value is -1.36. The smallest absolute Gasteiger partial charge is 0.223 e. The van der Waals surface area contributed by atoms with Crippen LogP contribution in [0, 0.1) is 5.92 Å². The fraction of sp³-hybridized carbons (Fsp3) is 0.688. The van der Waals surface area contributed by atoms with E-state index >= 15 is 0 Å². The van der Waals surface area contributed by atoms with Crippen LogP contribution in [0.15, 0.2) is 17.4 Å². The average Bonchev–Trinajstić information content (AvgIpc) is 3.23. The number of nitrogens with zero attached hydrogens (tertiary/aromatic N) is 5. The van der Waals surface area contributed by atoms with Gasteiger partial charge in [0.15, 0.2) is 5.96 Å². The van der Waals surface area contributed by atoms with Crippen LogP contribution in [0.25, 0.3) is 0 Å². The van der Waals surface area contributed by atoms with Gasteiger partial charge in [0.25, 0.3) is 0 Å². The highest BCUT2D eigenvalue weighted by atomic mass is 127. The van der Waals surface area contributed by atoms with Crippen LogP contribution in [0.2, 0.25) is 0 Å². The third-order valence-electron chi connectivity index (χ3n) is 4.72. The first-order chi connectivity index (χ1) is 11.6. The van der Waals surface area contributed by atoms with Gasteiger partial charge in [0, 0.05) is 64.9 Å². The predicted molar refractivity (Wildman–Crippen MR) is 106 cm³/mol. The Morgan fingerprint density at radius 3 is 2.80 bits per heavy atom. The molecule has 2 atom stereocenters. The maximum Gasteiger partial charge on any atom is 0.223 e. The Labute approximate surface area is 165 Å². The molecule has 0 spiro atoms. The number of nitrogens with one attached hydrogen (secondary N) is 1. The van der Waals surface area contributed by atoms with Crippen molar-refractivity contribution in [1.29, 1.82) is 0 Å². The Bertz CT molecular complexity index is 620. The summed E-state index contributed by atoms with van der Waals surface area (Å²) in [6.45, 7) is 3.63. The Morgan fingerprint density at radius 1 is 1.40 bits per heavy atom. The summed E-state index contributed by atoms with van der Waals surface area (Å²) < 4.78 is 6.96. The van der Waals surface area contributed by atoms with E-state index in [0.717, 1.165) is 31.2 Å². The molecule has 0 bridgehead atoms. The van der Waals surface area contributed by atoms with E-state index in [9.17, 15) is 4.79 Å². The van der Waals surface area contributed by atoms with Gasteiger partial charge in [-0.2, -0.15) is 5.10 Å². The third-order valence-corrected chi connectivity index (χ3v) is 4.72. The molecule has 1 saturated heterocycles. The van der Waals surface area contributed by atoms with Gasteiger partial charge in [-0.05, 0) is 0 Å². The second kappa shape index (κ2) is 8.84. The number of halogens is 1. The molecule has 0 unspecified atom stereocenters. The van der Waals surface area contributed by atoms with Gasteiger partial charge in [-0.25, -0.2) is 0 Å². The molecule has 140 valence electrons. The molecule has 2 aliphatic heterocycles. The molecule has 0 aromatic carbocycles. The SMILES string of the molecule is COCCN1C(=O)C[C@@H](CNC2=NCCN2C)[C@@H]1c1cnn(C)c1.I. The van der Waals surface area contributed by atoms with Gasteiger partial charge >= 0.3 is 0 Å². The topological polar surface area (TPSA) is 75.0 Å². The molecular formula is C16H27IN6O2. The molecule has 1 fully saturated rings. The minimum atomic E-state index is 0. The lowest BCUT2D eigenvalue weighted by molar-refractivity contribution is -0.129. The van der Waals surface area contributed by atoms with Gasteiger partial charge in [0.2, 0.25) is 5.91 Å². The number of methoxy groups -OCH3 is 1. The highest BCUT2D eigenvalue weighted by molar-refractivity contribution is 14.0. The lowest BCUT2D eigenvalue weighted by Gasteiger charge is -2.28. The second-order valence-electron chi connectivity index (χ2n) is 6.44. The monoisotopic (exact) mass is 462 g/mol. The van der Waals surface area contributed by atoms with E-state index in [2.05, 4.69) is 20.3 Å². The fourth-order valence-electron chi connectivity index (χ4n) is 3.49. The highest BCUT2D eigenvalue weighted by Crippen LogP contribution is 2.37. The van der Waals surface area contributed by atoms with Crippen molar-refractivity contribution in [3.05, 3.63) is 18.0 Å². The van der Waals surface area contributed by atoms with Crippen molar-refractivity contribution in [2.45, 2.75) is 12.5 Å². The fourth-order valence-corrected chi connectivity index (χ4v) is 3.49. The molecule has 8 nitrogen and oxygen atoms in total. The van der Waals surface area contributed by atoms with Crippen molar-refractivity contribution in [1.82, 2.24) is 24.9 Å². The van der Waals surface area contributed by atoms with Gasteiger partial charge in [-0.15, -0.1) is 24.0 Å². The lowest BCUT2D eigenvalue weighted by Crippen LogP contribution is -2.39. The van der Waals surface area contributed by atoms with E-state index in [1.54, 1.807) is 11.8 Å². The van der Waals surface area contributed by atoms with Gasteiger partial charge < -0.3 is 19.9 Å². The lowest BCUT2D eigenvalue weighted by atomic mass is 9.95. The number of hydrogen-bond donors (Lipinski definition) is 1. The van der Waals surface area contributed by atoms with E-state index in [-0.39, 0.29) is 41.8 Å². The van der Waals surface area contributed by atoms with Crippen LogP contribution in [0.1, 0.15) is 18.0 Å². The summed E-state index contributed by atoms with van der Waals surface area (Å²) in [6.07, 6.45) is 4.39. The maximum atomic E-state index is 12.5. The number of aryl methyl sites for hydroxylation is 1. The minimum Gasteiger partial charge on any atom is -0.383 e. The molecule has 1 amide bonds. The average molecular weight is 462 g/mol. The number of likely N-dealkylation sites (tertiary alicyclic amines) is 1. The highest BCUT2D eigenvalue weighted by Gasteiger charge is 2.41. The molecule has 3 heterocycles. The van der Waals surface area contributed by atoms with Crippen LogP contribution in [0.4, 0.5) is 0 Å². The first-order valence-corrected chi connectivity index (χ1v) is 8.36. The number of likely N-dealkylation sites (N-methyl/N-ethyl adjacent to an activating group) is 1. The zero-order chi connectivity index (χ0) is 17.1. The number of aliphatic imine (C=N–C) groups is 1. The molecule has 25 heavy (non-hydrogen) atoms. The van der Waals surface area contributed by atoms with Crippen molar-refractivity contribution < 1.29 is 9.53 Å². The first kappa shape index (κ1) is 20.0. The van der Waals surface area contributed by atoms with Crippen LogP contribution >= 0.6 is 24.0 Å². The number of guanidine groups is 1. The molecule has 1 aromatic heterocycles. The van der Waals surface area contributed by atoms with E-state index in [4.69, 9.17) is 4.74 Å². The summed E-state index contributed by atoms with van der Waals surface area (Å²) in [4.78, 5) is 21.0. The minimum absolute atomic E-state index is 0. The molecule has 0 radical (unpaired) electrons. The van der Waals surface area contributed by atoms with Gasteiger partial charge in [-0.1, -0.05) is 0 Å². The Kier molecular flexibility index (Phi) is 7.05. The van der Waals surface area contributed by atoms with Crippen molar-refractivity contribution in [2.75, 3.05) is 46.9 Å². The van der Waals surface area contributed by atoms with E-state index in [1.165, 1.54) is 0 Å². The van der Waals surface area contributed by atoms with E-state index < -0.39 is 0 Å². The quantitative estimate of drug-likeness (QED) is 0.623.